The second kappa shape index (κ2) is 7.81. The molecule has 0 saturated heterocycles. The molecule has 1 atom stereocenters. The molecule has 4 heteroatoms. The normalized spacial score (nSPS) is 12.6. The Kier molecular flexibility index (Phi) is 6.07. The van der Waals surface area contributed by atoms with E-state index in [2.05, 4.69) is 55.7 Å². The van der Waals surface area contributed by atoms with Gasteiger partial charge in [0.2, 0.25) is 0 Å². The van der Waals surface area contributed by atoms with Crippen molar-refractivity contribution in [2.24, 2.45) is 0 Å². The van der Waals surface area contributed by atoms with Gasteiger partial charge in [-0.1, -0.05) is 25.1 Å². The van der Waals surface area contributed by atoms with Gasteiger partial charge in [0.25, 0.3) is 0 Å². The Morgan fingerprint density at radius 2 is 2.15 bits per heavy atom. The van der Waals surface area contributed by atoms with Crippen molar-refractivity contribution < 1.29 is 0 Å². The summed E-state index contributed by atoms with van der Waals surface area (Å²) in [5.41, 5.74) is 2.51. The van der Waals surface area contributed by atoms with E-state index < -0.39 is 0 Å². The number of hydrogen-bond donors (Lipinski definition) is 1. The summed E-state index contributed by atoms with van der Waals surface area (Å²) in [6, 6.07) is 8.87. The van der Waals surface area contributed by atoms with Crippen LogP contribution in [-0.2, 0) is 5.75 Å². The van der Waals surface area contributed by atoms with Crippen molar-refractivity contribution in [3.05, 3.63) is 45.9 Å². The highest BCUT2D eigenvalue weighted by Gasteiger charge is 2.09. The lowest BCUT2D eigenvalue weighted by atomic mass is 10.2. The minimum atomic E-state index is 0.350. The Morgan fingerprint density at radius 3 is 2.90 bits per heavy atom. The number of benzene rings is 1. The van der Waals surface area contributed by atoms with Gasteiger partial charge < -0.3 is 5.32 Å². The molecule has 2 rings (SSSR count). The van der Waals surface area contributed by atoms with Crippen LogP contribution in [0.4, 0.5) is 0 Å². The molecular weight excluding hydrogens is 284 g/mol. The largest absolute Gasteiger partial charge is 0.309 e. The molecule has 0 saturated carbocycles. The quantitative estimate of drug-likeness (QED) is 0.743. The van der Waals surface area contributed by atoms with Crippen molar-refractivity contribution in [3.8, 4) is 0 Å². The second-order valence-corrected chi connectivity index (χ2v) is 6.86. The van der Waals surface area contributed by atoms with Gasteiger partial charge in [-0.3, -0.25) is 0 Å². The fourth-order valence-electron chi connectivity index (χ4n) is 1.91. The molecule has 20 heavy (non-hydrogen) atoms. The third-order valence-electron chi connectivity index (χ3n) is 3.16. The molecule has 1 aromatic carbocycles. The Morgan fingerprint density at radius 1 is 1.35 bits per heavy atom. The molecule has 1 N–H and O–H groups in total. The van der Waals surface area contributed by atoms with Gasteiger partial charge in [-0.15, -0.1) is 23.1 Å². The van der Waals surface area contributed by atoms with E-state index in [1.807, 2.05) is 11.8 Å². The molecule has 1 aromatic heterocycles. The summed E-state index contributed by atoms with van der Waals surface area (Å²) in [7, 11) is 0. The molecule has 0 amide bonds. The first-order valence-corrected chi connectivity index (χ1v) is 8.93. The fourth-order valence-corrected chi connectivity index (χ4v) is 3.85. The lowest BCUT2D eigenvalue weighted by molar-refractivity contribution is 0.560. The molecule has 0 radical (unpaired) electrons. The maximum atomic E-state index is 4.74. The van der Waals surface area contributed by atoms with Crippen molar-refractivity contribution >= 4 is 23.1 Å². The van der Waals surface area contributed by atoms with Crippen LogP contribution in [0.5, 0.6) is 0 Å². The van der Waals surface area contributed by atoms with E-state index in [1.54, 1.807) is 11.3 Å². The van der Waals surface area contributed by atoms with Gasteiger partial charge >= 0.3 is 0 Å². The van der Waals surface area contributed by atoms with Gasteiger partial charge in [0, 0.05) is 16.3 Å². The number of nitrogens with one attached hydrogen (secondary N) is 1. The molecule has 0 aliphatic heterocycles. The van der Waals surface area contributed by atoms with Crippen LogP contribution in [0, 0.1) is 6.92 Å². The van der Waals surface area contributed by atoms with Crippen molar-refractivity contribution in [3.63, 3.8) is 0 Å². The van der Waals surface area contributed by atoms with E-state index in [0.29, 0.717) is 6.04 Å². The summed E-state index contributed by atoms with van der Waals surface area (Å²) in [6.45, 7) is 7.58. The Balaban J connectivity index is 1.91. The first-order valence-electron chi connectivity index (χ1n) is 7.06. The van der Waals surface area contributed by atoms with Gasteiger partial charge in [-0.05, 0) is 38.4 Å². The smallest absolute Gasteiger partial charge is 0.103 e. The van der Waals surface area contributed by atoms with Gasteiger partial charge in [0.05, 0.1) is 11.4 Å². The number of nitrogens with zero attached hydrogens (tertiary/aromatic N) is 1. The molecule has 1 unspecified atom stereocenters. The number of hydrogen-bond acceptors (Lipinski definition) is 4. The number of aryl methyl sites for hydroxylation is 1. The van der Waals surface area contributed by atoms with Crippen LogP contribution >= 0.6 is 23.1 Å². The first kappa shape index (κ1) is 15.5. The van der Waals surface area contributed by atoms with Crippen LogP contribution in [0.3, 0.4) is 0 Å². The third-order valence-corrected chi connectivity index (χ3v) is 5.40. The summed E-state index contributed by atoms with van der Waals surface area (Å²) in [5.74, 6) is 0.954. The molecule has 2 nitrogen and oxygen atoms in total. The minimum absolute atomic E-state index is 0.350. The maximum absolute atomic E-state index is 4.74. The first-order chi connectivity index (χ1) is 9.70. The molecule has 2 aromatic rings. The highest BCUT2D eigenvalue weighted by molar-refractivity contribution is 7.98. The number of aromatic nitrogens is 1. The van der Waals surface area contributed by atoms with E-state index in [4.69, 9.17) is 4.98 Å². The molecule has 0 bridgehead atoms. The van der Waals surface area contributed by atoms with Crippen LogP contribution in [0.1, 0.15) is 42.6 Å². The number of thioether (sulfide) groups is 1. The summed E-state index contributed by atoms with van der Waals surface area (Å²) < 4.78 is 0. The van der Waals surface area contributed by atoms with E-state index in [9.17, 15) is 0 Å². The van der Waals surface area contributed by atoms with Crippen LogP contribution in [0.2, 0.25) is 0 Å². The highest BCUT2D eigenvalue weighted by atomic mass is 32.2. The highest BCUT2D eigenvalue weighted by Crippen LogP contribution is 2.27. The van der Waals surface area contributed by atoms with Crippen molar-refractivity contribution in [2.75, 3.05) is 6.54 Å². The molecule has 0 fully saturated rings. The van der Waals surface area contributed by atoms with Crippen LogP contribution in [0.15, 0.2) is 34.5 Å². The summed E-state index contributed by atoms with van der Waals surface area (Å²) in [6.07, 6.45) is 1.16. The molecular formula is C16H22N2S2. The van der Waals surface area contributed by atoms with E-state index in [-0.39, 0.29) is 0 Å². The summed E-state index contributed by atoms with van der Waals surface area (Å²) >= 11 is 3.64. The number of thiazole rings is 1. The van der Waals surface area contributed by atoms with Crippen LogP contribution in [-0.4, -0.2) is 11.5 Å². The van der Waals surface area contributed by atoms with Crippen LogP contribution in [0.25, 0.3) is 0 Å². The van der Waals surface area contributed by atoms with Gasteiger partial charge in [-0.2, -0.15) is 0 Å². The Hall–Kier alpha value is -0.840. The lowest BCUT2D eigenvalue weighted by Crippen LogP contribution is -2.19. The van der Waals surface area contributed by atoms with Crippen molar-refractivity contribution in [1.29, 1.82) is 0 Å². The lowest BCUT2D eigenvalue weighted by Gasteiger charge is -2.09. The SMILES string of the molecule is CCCNC(C)c1csc(CSc2ccccc2C)n1. The predicted octanol–water partition coefficient (Wildman–Crippen LogP) is 4.80. The zero-order valence-corrected chi connectivity index (χ0v) is 14.0. The van der Waals surface area contributed by atoms with Crippen LogP contribution < -0.4 is 5.32 Å². The molecule has 0 aliphatic rings. The summed E-state index contributed by atoms with van der Waals surface area (Å²) in [5, 5.41) is 6.87. The van der Waals surface area contributed by atoms with E-state index >= 15 is 0 Å². The zero-order chi connectivity index (χ0) is 14.4. The molecule has 1 heterocycles. The fraction of sp³-hybridized carbons (Fsp3) is 0.438. The Bertz CT molecular complexity index is 537. The van der Waals surface area contributed by atoms with E-state index in [1.165, 1.54) is 21.2 Å². The zero-order valence-electron chi connectivity index (χ0n) is 12.3. The maximum Gasteiger partial charge on any atom is 0.103 e. The topological polar surface area (TPSA) is 24.9 Å². The van der Waals surface area contributed by atoms with E-state index in [0.717, 1.165) is 18.7 Å². The van der Waals surface area contributed by atoms with Crippen molar-refractivity contribution in [2.45, 2.75) is 43.9 Å². The van der Waals surface area contributed by atoms with Gasteiger partial charge in [0.15, 0.2) is 0 Å². The molecule has 0 spiro atoms. The van der Waals surface area contributed by atoms with Crippen molar-refractivity contribution in [1.82, 2.24) is 10.3 Å². The van der Waals surface area contributed by atoms with Gasteiger partial charge in [0.1, 0.15) is 5.01 Å². The number of rotatable bonds is 7. The monoisotopic (exact) mass is 306 g/mol. The van der Waals surface area contributed by atoms with Gasteiger partial charge in [-0.25, -0.2) is 4.98 Å². The molecule has 0 aliphatic carbocycles. The third kappa shape index (κ3) is 4.33. The standard InChI is InChI=1S/C16H22N2S2/c1-4-9-17-13(3)14-10-20-16(18-14)11-19-15-8-6-5-7-12(15)2/h5-8,10,13,17H,4,9,11H2,1-3H3. The summed E-state index contributed by atoms with van der Waals surface area (Å²) in [4.78, 5) is 6.09. The minimum Gasteiger partial charge on any atom is -0.309 e. The molecule has 108 valence electrons. The second-order valence-electron chi connectivity index (χ2n) is 4.90. The Labute approximate surface area is 130 Å². The predicted molar refractivity (Wildman–Crippen MR) is 89.6 cm³/mol. The average Bonchev–Trinajstić information content (AvgIpc) is 2.93. The average molecular weight is 306 g/mol.